The van der Waals surface area contributed by atoms with Crippen molar-refractivity contribution in [3.8, 4) is 0 Å². The van der Waals surface area contributed by atoms with E-state index in [0.717, 1.165) is 22.0 Å². The van der Waals surface area contributed by atoms with Gasteiger partial charge in [-0.2, -0.15) is 0 Å². The summed E-state index contributed by atoms with van der Waals surface area (Å²) in [5.41, 5.74) is 8.16. The van der Waals surface area contributed by atoms with Gasteiger partial charge in [0.1, 0.15) is 0 Å². The molecule has 0 aliphatic rings. The van der Waals surface area contributed by atoms with Crippen molar-refractivity contribution in [3.05, 3.63) is 45.4 Å². The van der Waals surface area contributed by atoms with Crippen molar-refractivity contribution in [1.29, 1.82) is 0 Å². The van der Waals surface area contributed by atoms with Crippen LogP contribution in [0.3, 0.4) is 0 Å². The maximum Gasteiger partial charge on any atom is 0.0417 e. The third-order valence-electron chi connectivity index (χ3n) is 1.93. The summed E-state index contributed by atoms with van der Waals surface area (Å²) in [5, 5.41) is 0.711. The molecule has 0 fully saturated rings. The molecular weight excluding hydrogens is 261 g/mol. The highest BCUT2D eigenvalue weighted by atomic mass is 79.9. The molecule has 0 aromatic heterocycles. The van der Waals surface area contributed by atoms with E-state index in [4.69, 9.17) is 17.3 Å². The van der Waals surface area contributed by atoms with Crippen LogP contribution in [0.1, 0.15) is 24.9 Å². The Morgan fingerprint density at radius 3 is 2.79 bits per heavy atom. The van der Waals surface area contributed by atoms with Gasteiger partial charge in [0.05, 0.1) is 0 Å². The minimum atomic E-state index is -0.0147. The summed E-state index contributed by atoms with van der Waals surface area (Å²) in [5.74, 6) is 0. The van der Waals surface area contributed by atoms with Crippen molar-refractivity contribution >= 4 is 27.5 Å². The van der Waals surface area contributed by atoms with E-state index < -0.39 is 0 Å². The predicted molar refractivity (Wildman–Crippen MR) is 65.5 cm³/mol. The first-order valence-electron chi connectivity index (χ1n) is 4.35. The van der Waals surface area contributed by atoms with E-state index in [1.807, 2.05) is 25.1 Å². The third kappa shape index (κ3) is 3.12. The Bertz CT molecular complexity index is 349. The molecule has 0 heterocycles. The van der Waals surface area contributed by atoms with Gasteiger partial charge in [0.15, 0.2) is 0 Å². The van der Waals surface area contributed by atoms with Crippen LogP contribution in [-0.4, -0.2) is 0 Å². The number of hydrogen-bond donors (Lipinski definition) is 1. The number of rotatable bonds is 3. The molecule has 0 unspecified atom stereocenters. The van der Waals surface area contributed by atoms with Crippen LogP contribution in [0, 0.1) is 0 Å². The van der Waals surface area contributed by atoms with Crippen LogP contribution >= 0.6 is 27.5 Å². The highest BCUT2D eigenvalue weighted by Gasteiger charge is 2.09. The van der Waals surface area contributed by atoms with Gasteiger partial charge >= 0.3 is 0 Å². The van der Waals surface area contributed by atoms with Crippen molar-refractivity contribution in [2.75, 3.05) is 0 Å². The highest BCUT2D eigenvalue weighted by molar-refractivity contribution is 9.10. The molecule has 0 saturated heterocycles. The van der Waals surface area contributed by atoms with Crippen molar-refractivity contribution < 1.29 is 0 Å². The lowest BCUT2D eigenvalue weighted by atomic mass is 10.0. The fourth-order valence-corrected chi connectivity index (χ4v) is 2.26. The standard InChI is InChI=1S/C11H13BrClN/c1-7(2)5-11(14)9-4-3-8(13)6-10(9)12/h3-4,6,11H,1,5,14H2,2H3/t11-/m1/s1. The Labute approximate surface area is 98.1 Å². The lowest BCUT2D eigenvalue weighted by Crippen LogP contribution is -2.10. The first kappa shape index (κ1) is 11.8. The number of hydrogen-bond acceptors (Lipinski definition) is 1. The first-order chi connectivity index (χ1) is 6.50. The van der Waals surface area contributed by atoms with Crippen LogP contribution in [0.4, 0.5) is 0 Å². The molecule has 1 nitrogen and oxygen atoms in total. The zero-order valence-corrected chi connectivity index (χ0v) is 10.4. The monoisotopic (exact) mass is 273 g/mol. The Morgan fingerprint density at radius 2 is 2.29 bits per heavy atom. The van der Waals surface area contributed by atoms with Gasteiger partial charge in [0, 0.05) is 15.5 Å². The lowest BCUT2D eigenvalue weighted by molar-refractivity contribution is 0.714. The van der Waals surface area contributed by atoms with Gasteiger partial charge in [-0.15, -0.1) is 6.58 Å². The largest absolute Gasteiger partial charge is 0.324 e. The second-order valence-electron chi connectivity index (χ2n) is 3.43. The fourth-order valence-electron chi connectivity index (χ4n) is 1.29. The van der Waals surface area contributed by atoms with E-state index in [-0.39, 0.29) is 6.04 Å². The molecule has 1 atom stereocenters. The summed E-state index contributed by atoms with van der Waals surface area (Å²) in [4.78, 5) is 0. The number of benzene rings is 1. The Balaban J connectivity index is 2.90. The Kier molecular flexibility index (Phi) is 4.17. The van der Waals surface area contributed by atoms with Gasteiger partial charge in [0.25, 0.3) is 0 Å². The molecule has 0 bridgehead atoms. The molecule has 0 saturated carbocycles. The maximum absolute atomic E-state index is 6.01. The van der Waals surface area contributed by atoms with Gasteiger partial charge in [0.2, 0.25) is 0 Å². The minimum absolute atomic E-state index is 0.0147. The minimum Gasteiger partial charge on any atom is -0.324 e. The fraction of sp³-hybridized carbons (Fsp3) is 0.273. The van der Waals surface area contributed by atoms with Gasteiger partial charge in [-0.1, -0.05) is 39.2 Å². The van der Waals surface area contributed by atoms with E-state index in [2.05, 4.69) is 22.5 Å². The number of halogens is 2. The van der Waals surface area contributed by atoms with E-state index in [0.29, 0.717) is 5.02 Å². The van der Waals surface area contributed by atoms with Gasteiger partial charge in [-0.25, -0.2) is 0 Å². The molecular formula is C11H13BrClN. The Morgan fingerprint density at radius 1 is 1.64 bits per heavy atom. The highest BCUT2D eigenvalue weighted by Crippen LogP contribution is 2.28. The number of nitrogens with two attached hydrogens (primary N) is 1. The summed E-state index contributed by atoms with van der Waals surface area (Å²) in [7, 11) is 0. The van der Waals surface area contributed by atoms with E-state index in [1.165, 1.54) is 0 Å². The second kappa shape index (κ2) is 4.96. The van der Waals surface area contributed by atoms with Crippen LogP contribution in [0.15, 0.2) is 34.8 Å². The molecule has 1 aromatic rings. The molecule has 14 heavy (non-hydrogen) atoms. The molecule has 0 radical (unpaired) electrons. The summed E-state index contributed by atoms with van der Waals surface area (Å²) >= 11 is 9.28. The quantitative estimate of drug-likeness (QED) is 0.826. The molecule has 0 aliphatic heterocycles. The van der Waals surface area contributed by atoms with Gasteiger partial charge in [-0.05, 0) is 31.0 Å². The van der Waals surface area contributed by atoms with Crippen molar-refractivity contribution in [2.24, 2.45) is 5.73 Å². The van der Waals surface area contributed by atoms with E-state index in [9.17, 15) is 0 Å². The molecule has 0 spiro atoms. The van der Waals surface area contributed by atoms with Crippen LogP contribution in [0.5, 0.6) is 0 Å². The Hall–Kier alpha value is -0.310. The SMILES string of the molecule is C=C(C)C[C@@H](N)c1ccc(Cl)cc1Br. The average molecular weight is 275 g/mol. The summed E-state index contributed by atoms with van der Waals surface area (Å²) in [6, 6.07) is 5.63. The summed E-state index contributed by atoms with van der Waals surface area (Å²) < 4.78 is 0.957. The summed E-state index contributed by atoms with van der Waals surface area (Å²) in [6.07, 6.45) is 0.792. The smallest absolute Gasteiger partial charge is 0.0417 e. The van der Waals surface area contributed by atoms with Crippen molar-refractivity contribution in [3.63, 3.8) is 0 Å². The third-order valence-corrected chi connectivity index (χ3v) is 2.85. The molecule has 0 amide bonds. The molecule has 0 aliphatic carbocycles. The molecule has 76 valence electrons. The van der Waals surface area contributed by atoms with E-state index in [1.54, 1.807) is 0 Å². The first-order valence-corrected chi connectivity index (χ1v) is 5.52. The van der Waals surface area contributed by atoms with Crippen LogP contribution < -0.4 is 5.73 Å². The van der Waals surface area contributed by atoms with Gasteiger partial charge < -0.3 is 5.73 Å². The average Bonchev–Trinajstić information content (AvgIpc) is 2.01. The van der Waals surface area contributed by atoms with Crippen molar-refractivity contribution in [1.82, 2.24) is 0 Å². The molecule has 1 rings (SSSR count). The zero-order valence-electron chi connectivity index (χ0n) is 8.06. The summed E-state index contributed by atoms with van der Waals surface area (Å²) in [6.45, 7) is 5.82. The van der Waals surface area contributed by atoms with E-state index >= 15 is 0 Å². The lowest BCUT2D eigenvalue weighted by Gasteiger charge is -2.13. The topological polar surface area (TPSA) is 26.0 Å². The molecule has 3 heteroatoms. The second-order valence-corrected chi connectivity index (χ2v) is 4.72. The van der Waals surface area contributed by atoms with Crippen LogP contribution in [0.2, 0.25) is 5.02 Å². The molecule has 1 aromatic carbocycles. The normalized spacial score (nSPS) is 12.6. The molecule has 2 N–H and O–H groups in total. The van der Waals surface area contributed by atoms with Crippen LogP contribution in [-0.2, 0) is 0 Å². The predicted octanol–water partition coefficient (Wildman–Crippen LogP) is 4.07. The zero-order chi connectivity index (χ0) is 10.7. The van der Waals surface area contributed by atoms with Crippen LogP contribution in [0.25, 0.3) is 0 Å². The van der Waals surface area contributed by atoms with Crippen molar-refractivity contribution in [2.45, 2.75) is 19.4 Å². The maximum atomic E-state index is 6.01. The van der Waals surface area contributed by atoms with Gasteiger partial charge in [-0.3, -0.25) is 0 Å².